The summed E-state index contributed by atoms with van der Waals surface area (Å²) in [7, 11) is 1.64. The minimum absolute atomic E-state index is 0.0980. The predicted molar refractivity (Wildman–Crippen MR) is 77.0 cm³/mol. The Morgan fingerprint density at radius 2 is 2.22 bits per heavy atom. The third-order valence-electron chi connectivity index (χ3n) is 3.49. The molecule has 106 valence electrons. The number of rotatable bonds is 7. The normalized spacial score (nSPS) is 22.7. The van der Waals surface area contributed by atoms with E-state index in [9.17, 15) is 4.79 Å². The van der Waals surface area contributed by atoms with E-state index in [1.54, 1.807) is 7.11 Å². The number of ether oxygens (including phenoxy) is 1. The Labute approximate surface area is 115 Å². The number of methoxy groups -OCH3 is 1. The van der Waals surface area contributed by atoms with Crippen LogP contribution in [-0.2, 0) is 9.53 Å². The van der Waals surface area contributed by atoms with E-state index >= 15 is 0 Å². The van der Waals surface area contributed by atoms with Crippen LogP contribution in [0.2, 0.25) is 0 Å². The van der Waals surface area contributed by atoms with Crippen molar-refractivity contribution >= 4 is 17.7 Å². The third kappa shape index (κ3) is 5.59. The summed E-state index contributed by atoms with van der Waals surface area (Å²) < 4.78 is 4.89. The SMILES string of the molecule is COCCNC(=O)CCNC1CSCCC1(C)C. The maximum absolute atomic E-state index is 11.5. The highest BCUT2D eigenvalue weighted by atomic mass is 32.2. The molecule has 0 aliphatic carbocycles. The van der Waals surface area contributed by atoms with Crippen LogP contribution in [0.15, 0.2) is 0 Å². The lowest BCUT2D eigenvalue weighted by Crippen LogP contribution is -2.47. The zero-order chi connectivity index (χ0) is 13.4. The summed E-state index contributed by atoms with van der Waals surface area (Å²) in [6.45, 7) is 6.55. The van der Waals surface area contributed by atoms with Crippen LogP contribution in [0.4, 0.5) is 0 Å². The molecule has 1 unspecified atom stereocenters. The molecule has 1 amide bonds. The Balaban J connectivity index is 2.14. The van der Waals surface area contributed by atoms with Gasteiger partial charge in [0.1, 0.15) is 0 Å². The second kappa shape index (κ2) is 8.02. The highest BCUT2D eigenvalue weighted by Crippen LogP contribution is 2.33. The molecule has 0 saturated carbocycles. The van der Waals surface area contributed by atoms with E-state index in [0.717, 1.165) is 12.3 Å². The summed E-state index contributed by atoms with van der Waals surface area (Å²) in [5, 5.41) is 6.35. The molecule has 18 heavy (non-hydrogen) atoms. The molecule has 5 heteroatoms. The quantitative estimate of drug-likeness (QED) is 0.686. The Bertz CT molecular complexity index is 259. The van der Waals surface area contributed by atoms with Crippen molar-refractivity contribution in [1.82, 2.24) is 10.6 Å². The summed E-state index contributed by atoms with van der Waals surface area (Å²) in [5.41, 5.74) is 0.345. The molecule has 1 aliphatic rings. The number of carbonyl (C=O) groups excluding carboxylic acids is 1. The summed E-state index contributed by atoms with van der Waals surface area (Å²) in [4.78, 5) is 11.5. The molecule has 0 aromatic heterocycles. The zero-order valence-corrected chi connectivity index (χ0v) is 12.6. The van der Waals surface area contributed by atoms with Gasteiger partial charge in [0.15, 0.2) is 0 Å². The molecule has 1 fully saturated rings. The van der Waals surface area contributed by atoms with Gasteiger partial charge in [0, 0.05) is 38.4 Å². The van der Waals surface area contributed by atoms with E-state index in [-0.39, 0.29) is 5.91 Å². The first-order valence-corrected chi connectivity index (χ1v) is 7.78. The van der Waals surface area contributed by atoms with Gasteiger partial charge < -0.3 is 15.4 Å². The smallest absolute Gasteiger partial charge is 0.221 e. The maximum atomic E-state index is 11.5. The largest absolute Gasteiger partial charge is 0.383 e. The molecule has 1 aliphatic heterocycles. The van der Waals surface area contributed by atoms with Crippen molar-refractivity contribution in [2.75, 3.05) is 38.3 Å². The van der Waals surface area contributed by atoms with Crippen LogP contribution in [0.25, 0.3) is 0 Å². The molecule has 0 bridgehead atoms. The summed E-state index contributed by atoms with van der Waals surface area (Å²) in [5.74, 6) is 2.50. The minimum atomic E-state index is 0.0980. The molecule has 1 rings (SSSR count). The first-order valence-electron chi connectivity index (χ1n) is 6.63. The molecule has 1 saturated heterocycles. The van der Waals surface area contributed by atoms with E-state index in [1.807, 2.05) is 11.8 Å². The summed E-state index contributed by atoms with van der Waals surface area (Å²) in [6, 6.07) is 0.517. The molecule has 4 nitrogen and oxygen atoms in total. The molecule has 1 heterocycles. The van der Waals surface area contributed by atoms with Gasteiger partial charge in [-0.05, 0) is 17.6 Å². The van der Waals surface area contributed by atoms with E-state index in [1.165, 1.54) is 12.2 Å². The first kappa shape index (κ1) is 15.8. The topological polar surface area (TPSA) is 50.4 Å². The van der Waals surface area contributed by atoms with Gasteiger partial charge in [-0.3, -0.25) is 4.79 Å². The van der Waals surface area contributed by atoms with Crippen molar-refractivity contribution in [3.8, 4) is 0 Å². The van der Waals surface area contributed by atoms with Gasteiger partial charge in [-0.25, -0.2) is 0 Å². The minimum Gasteiger partial charge on any atom is -0.383 e. The number of carbonyl (C=O) groups is 1. The van der Waals surface area contributed by atoms with Gasteiger partial charge in [-0.1, -0.05) is 13.8 Å². The molecule has 0 radical (unpaired) electrons. The van der Waals surface area contributed by atoms with Crippen LogP contribution in [-0.4, -0.2) is 50.3 Å². The Morgan fingerprint density at radius 1 is 1.44 bits per heavy atom. The van der Waals surface area contributed by atoms with Crippen molar-refractivity contribution in [2.24, 2.45) is 5.41 Å². The summed E-state index contributed by atoms with van der Waals surface area (Å²) >= 11 is 2.00. The number of thioether (sulfide) groups is 1. The first-order chi connectivity index (χ1) is 8.56. The second-order valence-electron chi connectivity index (χ2n) is 5.41. The van der Waals surface area contributed by atoms with Gasteiger partial charge in [0.2, 0.25) is 5.91 Å². The zero-order valence-electron chi connectivity index (χ0n) is 11.8. The number of nitrogens with one attached hydrogen (secondary N) is 2. The van der Waals surface area contributed by atoms with Crippen LogP contribution < -0.4 is 10.6 Å². The van der Waals surface area contributed by atoms with Crippen molar-refractivity contribution in [3.63, 3.8) is 0 Å². The molecule has 1 atom stereocenters. The van der Waals surface area contributed by atoms with Gasteiger partial charge in [-0.2, -0.15) is 11.8 Å². The predicted octanol–water partition coefficient (Wildman–Crippen LogP) is 1.26. The lowest BCUT2D eigenvalue weighted by molar-refractivity contribution is -0.121. The van der Waals surface area contributed by atoms with Crippen molar-refractivity contribution in [2.45, 2.75) is 32.7 Å². The average molecular weight is 274 g/mol. The molecule has 0 spiro atoms. The fourth-order valence-electron chi connectivity index (χ4n) is 2.01. The highest BCUT2D eigenvalue weighted by molar-refractivity contribution is 7.99. The van der Waals surface area contributed by atoms with Crippen LogP contribution >= 0.6 is 11.8 Å². The van der Waals surface area contributed by atoms with Crippen LogP contribution in [0, 0.1) is 5.41 Å². The van der Waals surface area contributed by atoms with Crippen molar-refractivity contribution in [3.05, 3.63) is 0 Å². The molecule has 0 aromatic rings. The Hall–Kier alpha value is -0.260. The molecular weight excluding hydrogens is 248 g/mol. The van der Waals surface area contributed by atoms with Gasteiger partial charge in [0.25, 0.3) is 0 Å². The third-order valence-corrected chi connectivity index (χ3v) is 4.55. The fourth-order valence-corrected chi connectivity index (χ4v) is 3.65. The van der Waals surface area contributed by atoms with Crippen LogP contribution in [0.1, 0.15) is 26.7 Å². The van der Waals surface area contributed by atoms with Gasteiger partial charge >= 0.3 is 0 Å². The van der Waals surface area contributed by atoms with Crippen LogP contribution in [0.5, 0.6) is 0 Å². The van der Waals surface area contributed by atoms with E-state index in [4.69, 9.17) is 4.74 Å². The average Bonchev–Trinajstić information content (AvgIpc) is 2.31. The van der Waals surface area contributed by atoms with E-state index < -0.39 is 0 Å². The molecular formula is C13H26N2O2S. The maximum Gasteiger partial charge on any atom is 0.221 e. The standard InChI is InChI=1S/C13H26N2O2S/c1-13(2)5-9-18-10-11(13)14-6-4-12(16)15-7-8-17-3/h11,14H,4-10H2,1-3H3,(H,15,16). The van der Waals surface area contributed by atoms with Crippen molar-refractivity contribution in [1.29, 1.82) is 0 Å². The lowest BCUT2D eigenvalue weighted by Gasteiger charge is -2.38. The molecule has 2 N–H and O–H groups in total. The number of amides is 1. The monoisotopic (exact) mass is 274 g/mol. The van der Waals surface area contributed by atoms with E-state index in [0.29, 0.717) is 31.0 Å². The Morgan fingerprint density at radius 3 is 2.89 bits per heavy atom. The van der Waals surface area contributed by atoms with E-state index in [2.05, 4.69) is 24.5 Å². The molecule has 0 aromatic carbocycles. The second-order valence-corrected chi connectivity index (χ2v) is 6.56. The lowest BCUT2D eigenvalue weighted by atomic mass is 9.82. The van der Waals surface area contributed by atoms with Gasteiger partial charge in [0.05, 0.1) is 6.61 Å². The fraction of sp³-hybridized carbons (Fsp3) is 0.923. The summed E-state index contributed by atoms with van der Waals surface area (Å²) in [6.07, 6.45) is 1.79. The van der Waals surface area contributed by atoms with Crippen molar-refractivity contribution < 1.29 is 9.53 Å². The Kier molecular flexibility index (Phi) is 7.04. The number of hydrogen-bond acceptors (Lipinski definition) is 4. The number of hydrogen-bond donors (Lipinski definition) is 2. The van der Waals surface area contributed by atoms with Crippen LogP contribution in [0.3, 0.4) is 0 Å². The van der Waals surface area contributed by atoms with Gasteiger partial charge in [-0.15, -0.1) is 0 Å². The highest BCUT2D eigenvalue weighted by Gasteiger charge is 2.31.